The fourth-order valence-electron chi connectivity index (χ4n) is 4.79. The van der Waals surface area contributed by atoms with Crippen LogP contribution in [0.25, 0.3) is 0 Å². The van der Waals surface area contributed by atoms with E-state index in [9.17, 15) is 9.59 Å². The topological polar surface area (TPSA) is 43.9 Å². The lowest BCUT2D eigenvalue weighted by molar-refractivity contribution is -0.129. The van der Waals surface area contributed by atoms with Gasteiger partial charge in [-0.1, -0.05) is 30.3 Å². The molecule has 126 valence electrons. The maximum Gasteiger partial charge on any atom is 0.328 e. The molecule has 1 aromatic rings. The average Bonchev–Trinajstić information content (AvgIpc) is 3.09. The number of fused-ring (bicyclic) bond motifs is 1. The fourth-order valence-corrected chi connectivity index (χ4v) is 4.79. The summed E-state index contributed by atoms with van der Waals surface area (Å²) in [5.41, 5.74) is 1.15. The molecule has 0 aromatic heterocycles. The van der Waals surface area contributed by atoms with Crippen LogP contribution in [0.2, 0.25) is 0 Å². The summed E-state index contributed by atoms with van der Waals surface area (Å²) in [5, 5.41) is 0. The molecule has 1 aromatic carbocycles. The highest BCUT2D eigenvalue weighted by Crippen LogP contribution is 2.42. The molecule has 1 saturated carbocycles. The van der Waals surface area contributed by atoms with E-state index in [-0.39, 0.29) is 30.1 Å². The van der Waals surface area contributed by atoms with Crippen molar-refractivity contribution < 1.29 is 9.59 Å². The Labute approximate surface area is 142 Å². The van der Waals surface area contributed by atoms with Gasteiger partial charge in [0.15, 0.2) is 0 Å². The molecule has 0 radical (unpaired) electrons. The summed E-state index contributed by atoms with van der Waals surface area (Å²) < 4.78 is 0. The summed E-state index contributed by atoms with van der Waals surface area (Å²) in [6.07, 6.45) is 5.17. The Morgan fingerprint density at radius 2 is 1.58 bits per heavy atom. The van der Waals surface area contributed by atoms with Gasteiger partial charge < -0.3 is 4.90 Å². The molecular formula is C19H23N3O2. The number of benzene rings is 1. The second kappa shape index (κ2) is 5.31. The lowest BCUT2D eigenvalue weighted by atomic mass is 10.0. The zero-order valence-electron chi connectivity index (χ0n) is 13.8. The van der Waals surface area contributed by atoms with Crippen LogP contribution in [0.15, 0.2) is 30.3 Å². The first-order valence-corrected chi connectivity index (χ1v) is 9.18. The van der Waals surface area contributed by atoms with Crippen molar-refractivity contribution in [3.8, 4) is 0 Å². The van der Waals surface area contributed by atoms with Crippen molar-refractivity contribution in [2.75, 3.05) is 13.1 Å². The van der Waals surface area contributed by atoms with E-state index in [1.165, 1.54) is 12.8 Å². The average molecular weight is 325 g/mol. The van der Waals surface area contributed by atoms with Crippen LogP contribution in [0.4, 0.5) is 4.79 Å². The van der Waals surface area contributed by atoms with Gasteiger partial charge in [0.05, 0.1) is 12.1 Å². The smallest absolute Gasteiger partial charge is 0.305 e. The molecule has 3 amide bonds. The van der Waals surface area contributed by atoms with Crippen LogP contribution in [0.5, 0.6) is 0 Å². The van der Waals surface area contributed by atoms with Gasteiger partial charge in [0, 0.05) is 19.1 Å². The third kappa shape index (κ3) is 2.10. The number of rotatable bonds is 3. The van der Waals surface area contributed by atoms with Gasteiger partial charge in [-0.25, -0.2) is 4.79 Å². The molecule has 0 spiro atoms. The van der Waals surface area contributed by atoms with Gasteiger partial charge in [0.2, 0.25) is 0 Å². The lowest BCUT2D eigenvalue weighted by Crippen LogP contribution is -2.43. The number of hydrogen-bond acceptors (Lipinski definition) is 3. The van der Waals surface area contributed by atoms with Crippen molar-refractivity contribution >= 4 is 11.9 Å². The van der Waals surface area contributed by atoms with E-state index >= 15 is 0 Å². The highest BCUT2D eigenvalue weighted by Gasteiger charge is 2.54. The summed E-state index contributed by atoms with van der Waals surface area (Å²) >= 11 is 0. The molecule has 5 nitrogen and oxygen atoms in total. The minimum Gasteiger partial charge on any atom is -0.305 e. The van der Waals surface area contributed by atoms with Gasteiger partial charge in [-0.2, -0.15) is 0 Å². The first-order chi connectivity index (χ1) is 11.7. The third-order valence-electron chi connectivity index (χ3n) is 6.14. The van der Waals surface area contributed by atoms with E-state index in [4.69, 9.17) is 0 Å². The molecule has 0 bridgehead atoms. The van der Waals surface area contributed by atoms with Crippen LogP contribution in [0.3, 0.4) is 0 Å². The maximum atomic E-state index is 13.1. The van der Waals surface area contributed by atoms with E-state index in [0.29, 0.717) is 6.04 Å². The van der Waals surface area contributed by atoms with Crippen LogP contribution in [-0.4, -0.2) is 57.9 Å². The number of carbonyl (C=O) groups excluding carboxylic acids is 2. The van der Waals surface area contributed by atoms with Crippen molar-refractivity contribution in [2.24, 2.45) is 0 Å². The molecule has 1 unspecified atom stereocenters. The van der Waals surface area contributed by atoms with Gasteiger partial charge in [-0.05, 0) is 37.7 Å². The summed E-state index contributed by atoms with van der Waals surface area (Å²) in [6.45, 7) is 1.90. The fraction of sp³-hybridized carbons (Fsp3) is 0.579. The zero-order valence-corrected chi connectivity index (χ0v) is 13.8. The van der Waals surface area contributed by atoms with Crippen LogP contribution in [-0.2, 0) is 4.79 Å². The predicted molar refractivity (Wildman–Crippen MR) is 89.3 cm³/mol. The first-order valence-electron chi connectivity index (χ1n) is 9.18. The van der Waals surface area contributed by atoms with Crippen molar-refractivity contribution in [1.82, 2.24) is 14.7 Å². The number of amides is 3. The first kappa shape index (κ1) is 14.5. The molecule has 5 heteroatoms. The Hall–Kier alpha value is -1.88. The van der Waals surface area contributed by atoms with E-state index in [1.807, 2.05) is 23.1 Å². The molecule has 4 fully saturated rings. The Morgan fingerprint density at radius 1 is 0.833 bits per heavy atom. The number of likely N-dealkylation sites (tertiary alicyclic amines) is 1. The van der Waals surface area contributed by atoms with Crippen molar-refractivity contribution in [1.29, 1.82) is 0 Å². The Balaban J connectivity index is 1.38. The van der Waals surface area contributed by atoms with Crippen LogP contribution < -0.4 is 0 Å². The van der Waals surface area contributed by atoms with Gasteiger partial charge in [0.1, 0.15) is 6.04 Å². The zero-order chi connectivity index (χ0) is 16.3. The molecule has 3 saturated heterocycles. The molecular weight excluding hydrogens is 302 g/mol. The summed E-state index contributed by atoms with van der Waals surface area (Å²) in [7, 11) is 0. The highest BCUT2D eigenvalue weighted by atomic mass is 16.2. The number of nitrogens with zero attached hydrogens (tertiary/aromatic N) is 3. The maximum absolute atomic E-state index is 13.1. The van der Waals surface area contributed by atoms with Gasteiger partial charge in [0.25, 0.3) is 5.91 Å². The molecule has 3 aliphatic heterocycles. The summed E-state index contributed by atoms with van der Waals surface area (Å²) in [6, 6.07) is 10.7. The summed E-state index contributed by atoms with van der Waals surface area (Å²) in [5.74, 6) is 0.0427. The monoisotopic (exact) mass is 325 g/mol. The highest BCUT2D eigenvalue weighted by molar-refractivity contribution is 6.05. The second-order valence-electron chi connectivity index (χ2n) is 7.59. The second-order valence-corrected chi connectivity index (χ2v) is 7.59. The minimum absolute atomic E-state index is 0.0427. The van der Waals surface area contributed by atoms with Crippen molar-refractivity contribution in [3.63, 3.8) is 0 Å². The Kier molecular flexibility index (Phi) is 3.20. The largest absolute Gasteiger partial charge is 0.328 e. The predicted octanol–water partition coefficient (Wildman–Crippen LogP) is 2.39. The van der Waals surface area contributed by atoms with Gasteiger partial charge in [-0.15, -0.1) is 0 Å². The van der Waals surface area contributed by atoms with Crippen LogP contribution in [0.1, 0.15) is 43.7 Å². The molecule has 1 aliphatic carbocycles. The quantitative estimate of drug-likeness (QED) is 0.802. The number of imide groups is 1. The lowest BCUT2D eigenvalue weighted by Gasteiger charge is -2.26. The van der Waals surface area contributed by atoms with E-state index in [2.05, 4.69) is 17.0 Å². The Bertz CT molecular complexity index is 672. The van der Waals surface area contributed by atoms with Crippen molar-refractivity contribution in [3.05, 3.63) is 35.9 Å². The third-order valence-corrected chi connectivity index (χ3v) is 6.14. The SMILES string of the molecule is O=C1[C@@H]2CC[C@@H](c3ccccc3)N2C(=O)N1C1CCN(C2CC2)C1. The molecule has 3 atom stereocenters. The van der Waals surface area contributed by atoms with E-state index in [0.717, 1.165) is 37.9 Å². The van der Waals surface area contributed by atoms with Crippen LogP contribution in [0, 0.1) is 0 Å². The number of carbonyl (C=O) groups is 2. The molecule has 0 N–H and O–H groups in total. The molecule has 3 heterocycles. The van der Waals surface area contributed by atoms with Crippen molar-refractivity contribution in [2.45, 2.75) is 56.3 Å². The molecule has 5 rings (SSSR count). The van der Waals surface area contributed by atoms with E-state index in [1.54, 1.807) is 4.90 Å². The van der Waals surface area contributed by atoms with E-state index < -0.39 is 0 Å². The summed E-state index contributed by atoms with van der Waals surface area (Å²) in [4.78, 5) is 31.9. The normalized spacial score (nSPS) is 33.6. The standard InChI is InChI=1S/C19H23N3O2/c23-18-17-9-8-16(13-4-2-1-3-5-13)22(17)19(24)21(18)15-10-11-20(12-15)14-6-7-14/h1-5,14-17H,6-12H2/t15?,16-,17-/m0/s1. The number of hydrogen-bond donors (Lipinski definition) is 0. The molecule has 4 aliphatic rings. The number of urea groups is 1. The Morgan fingerprint density at radius 3 is 2.33 bits per heavy atom. The molecule has 24 heavy (non-hydrogen) atoms. The van der Waals surface area contributed by atoms with Gasteiger partial charge in [-0.3, -0.25) is 14.6 Å². The van der Waals surface area contributed by atoms with Crippen LogP contribution >= 0.6 is 0 Å². The minimum atomic E-state index is -0.238. The van der Waals surface area contributed by atoms with Gasteiger partial charge >= 0.3 is 6.03 Å².